The predicted octanol–water partition coefficient (Wildman–Crippen LogP) is 2.75. The Morgan fingerprint density at radius 2 is 1.89 bits per heavy atom. The van der Waals surface area contributed by atoms with Crippen molar-refractivity contribution in [2.24, 2.45) is 0 Å². The van der Waals surface area contributed by atoms with E-state index in [1.165, 1.54) is 0 Å². The molecule has 3 rings (SSSR count). The average molecular weight is 401 g/mol. The molecule has 0 amide bonds. The quantitative estimate of drug-likeness (QED) is 0.583. The molecule has 148 valence electrons. The van der Waals surface area contributed by atoms with E-state index in [1.807, 2.05) is 19.9 Å². The molecule has 0 bridgehead atoms. The van der Waals surface area contributed by atoms with Crippen molar-refractivity contribution in [1.82, 2.24) is 14.5 Å². The number of imidazole rings is 1. The van der Waals surface area contributed by atoms with E-state index in [2.05, 4.69) is 9.97 Å². The van der Waals surface area contributed by atoms with E-state index in [0.717, 1.165) is 5.56 Å². The van der Waals surface area contributed by atoms with E-state index in [9.17, 15) is 13.5 Å². The normalized spacial score (nSPS) is 11.7. The third-order valence-corrected chi connectivity index (χ3v) is 5.47. The van der Waals surface area contributed by atoms with Gasteiger partial charge in [-0.25, -0.2) is 4.98 Å². The van der Waals surface area contributed by atoms with Crippen LogP contribution in [0.5, 0.6) is 5.75 Å². The highest BCUT2D eigenvalue weighted by atomic mass is 32.2. The van der Waals surface area contributed by atoms with Gasteiger partial charge in [-0.3, -0.25) is 4.98 Å². The van der Waals surface area contributed by atoms with Gasteiger partial charge >= 0.3 is 10.1 Å². The summed E-state index contributed by atoms with van der Waals surface area (Å²) in [6.45, 7) is 3.87. The Labute approximate surface area is 164 Å². The van der Waals surface area contributed by atoms with Gasteiger partial charge in [0.05, 0.1) is 18.8 Å². The van der Waals surface area contributed by atoms with Crippen LogP contribution in [-0.4, -0.2) is 34.7 Å². The lowest BCUT2D eigenvalue weighted by Crippen LogP contribution is -2.19. The van der Waals surface area contributed by atoms with Crippen LogP contribution in [0, 0.1) is 0 Å². The van der Waals surface area contributed by atoms with E-state index in [4.69, 9.17) is 4.18 Å². The van der Waals surface area contributed by atoms with Crippen molar-refractivity contribution in [3.8, 4) is 5.75 Å². The molecule has 0 unspecified atom stereocenters. The SMILES string of the molecule is CC(C)c1nc(CCO)n(Cc2cccnc2)c1S(=O)(=O)Oc1ccccc1. The topological polar surface area (TPSA) is 94.3 Å². The van der Waals surface area contributed by atoms with Gasteiger partial charge in [0.2, 0.25) is 0 Å². The second kappa shape index (κ2) is 8.53. The molecule has 0 aliphatic rings. The van der Waals surface area contributed by atoms with E-state index in [1.54, 1.807) is 53.4 Å². The average Bonchev–Trinajstić information content (AvgIpc) is 3.03. The molecule has 7 nitrogen and oxygen atoms in total. The summed E-state index contributed by atoms with van der Waals surface area (Å²) in [4.78, 5) is 8.62. The molecule has 28 heavy (non-hydrogen) atoms. The molecule has 8 heteroatoms. The standard InChI is InChI=1S/C20H23N3O4S/c1-15(2)19-20(28(25,26)27-17-8-4-3-5-9-17)23(18(22-19)10-12-24)14-16-7-6-11-21-13-16/h3-9,11,13,15,24H,10,12,14H2,1-2H3. The van der Waals surface area contributed by atoms with Gasteiger partial charge in [0.15, 0.2) is 5.03 Å². The number of pyridine rings is 1. The van der Waals surface area contributed by atoms with E-state index < -0.39 is 10.1 Å². The molecule has 2 heterocycles. The highest BCUT2D eigenvalue weighted by molar-refractivity contribution is 7.87. The van der Waals surface area contributed by atoms with E-state index >= 15 is 0 Å². The van der Waals surface area contributed by atoms with Crippen LogP contribution < -0.4 is 4.18 Å². The number of hydrogen-bond acceptors (Lipinski definition) is 6. The Kier molecular flexibility index (Phi) is 6.11. The van der Waals surface area contributed by atoms with Crippen molar-refractivity contribution in [3.63, 3.8) is 0 Å². The Bertz CT molecular complexity index is 1020. The summed E-state index contributed by atoms with van der Waals surface area (Å²) in [5.74, 6) is 0.581. The largest absolute Gasteiger partial charge is 0.396 e. The molecule has 0 radical (unpaired) electrons. The second-order valence-corrected chi connectivity index (χ2v) is 8.11. The predicted molar refractivity (Wildman–Crippen MR) is 105 cm³/mol. The maximum Gasteiger partial charge on any atom is 0.357 e. The molecule has 2 aromatic heterocycles. The number of aliphatic hydroxyl groups excluding tert-OH is 1. The van der Waals surface area contributed by atoms with Gasteiger partial charge in [-0.2, -0.15) is 8.42 Å². The highest BCUT2D eigenvalue weighted by Crippen LogP contribution is 2.28. The molecular formula is C20H23N3O4S. The summed E-state index contributed by atoms with van der Waals surface area (Å²) < 4.78 is 33.4. The van der Waals surface area contributed by atoms with Crippen LogP contribution in [0.3, 0.4) is 0 Å². The smallest absolute Gasteiger partial charge is 0.357 e. The molecule has 1 N–H and O–H groups in total. The number of aliphatic hydroxyl groups is 1. The first-order valence-corrected chi connectivity index (χ1v) is 10.4. The fourth-order valence-corrected chi connectivity index (χ4v) is 4.33. The zero-order valence-electron chi connectivity index (χ0n) is 15.8. The molecule has 0 aliphatic heterocycles. The minimum atomic E-state index is -4.14. The third-order valence-electron chi connectivity index (χ3n) is 4.16. The van der Waals surface area contributed by atoms with E-state index in [-0.39, 0.29) is 36.3 Å². The van der Waals surface area contributed by atoms with Crippen molar-refractivity contribution >= 4 is 10.1 Å². The van der Waals surface area contributed by atoms with Gasteiger partial charge in [-0.15, -0.1) is 0 Å². The molecule has 0 atom stereocenters. The van der Waals surface area contributed by atoms with Crippen molar-refractivity contribution in [2.75, 3.05) is 6.61 Å². The van der Waals surface area contributed by atoms with Gasteiger partial charge in [0.1, 0.15) is 11.6 Å². The monoisotopic (exact) mass is 401 g/mol. The van der Waals surface area contributed by atoms with Crippen LogP contribution in [0.2, 0.25) is 0 Å². The number of rotatable bonds is 8. The van der Waals surface area contributed by atoms with Crippen molar-refractivity contribution < 1.29 is 17.7 Å². The lowest BCUT2D eigenvalue weighted by atomic mass is 10.1. The maximum atomic E-state index is 13.2. The molecule has 0 saturated carbocycles. The van der Waals surface area contributed by atoms with Gasteiger partial charge in [-0.05, 0) is 29.7 Å². The second-order valence-electron chi connectivity index (χ2n) is 6.64. The third kappa shape index (κ3) is 4.40. The van der Waals surface area contributed by atoms with Gasteiger partial charge < -0.3 is 13.9 Å². The minimum absolute atomic E-state index is 0.0126. The Morgan fingerprint density at radius 3 is 2.50 bits per heavy atom. The fourth-order valence-electron chi connectivity index (χ4n) is 2.91. The number of benzene rings is 1. The van der Waals surface area contributed by atoms with Crippen LogP contribution in [0.25, 0.3) is 0 Å². The number of aromatic nitrogens is 3. The van der Waals surface area contributed by atoms with Gasteiger partial charge in [0.25, 0.3) is 0 Å². The zero-order chi connectivity index (χ0) is 20.1. The Hall–Kier alpha value is -2.71. The van der Waals surface area contributed by atoms with Gasteiger partial charge in [-0.1, -0.05) is 38.1 Å². The van der Waals surface area contributed by atoms with Crippen molar-refractivity contribution in [1.29, 1.82) is 0 Å². The maximum absolute atomic E-state index is 13.2. The lowest BCUT2D eigenvalue weighted by molar-refractivity contribution is 0.294. The van der Waals surface area contributed by atoms with E-state index in [0.29, 0.717) is 11.5 Å². The van der Waals surface area contributed by atoms with Crippen molar-refractivity contribution in [3.05, 3.63) is 71.9 Å². The first-order valence-electron chi connectivity index (χ1n) is 9.01. The molecule has 3 aromatic rings. The van der Waals surface area contributed by atoms with Crippen LogP contribution >= 0.6 is 0 Å². The Balaban J connectivity index is 2.13. The van der Waals surface area contributed by atoms with Crippen LogP contribution in [0.15, 0.2) is 59.9 Å². The lowest BCUT2D eigenvalue weighted by Gasteiger charge is -2.14. The summed E-state index contributed by atoms with van der Waals surface area (Å²) in [7, 11) is -4.14. The summed E-state index contributed by atoms with van der Waals surface area (Å²) in [6.07, 6.45) is 3.56. The number of nitrogens with zero attached hydrogens (tertiary/aromatic N) is 3. The van der Waals surface area contributed by atoms with Crippen molar-refractivity contribution in [2.45, 2.75) is 37.8 Å². The summed E-state index contributed by atoms with van der Waals surface area (Å²) in [5, 5.41) is 9.45. The fraction of sp³-hybridized carbons (Fsp3) is 0.300. The molecule has 0 spiro atoms. The highest BCUT2D eigenvalue weighted by Gasteiger charge is 2.31. The molecule has 1 aromatic carbocycles. The molecule has 0 fully saturated rings. The molecule has 0 aliphatic carbocycles. The summed E-state index contributed by atoms with van der Waals surface area (Å²) >= 11 is 0. The van der Waals surface area contributed by atoms with Crippen LogP contribution in [0.4, 0.5) is 0 Å². The Morgan fingerprint density at radius 1 is 1.14 bits per heavy atom. The first-order chi connectivity index (χ1) is 13.4. The summed E-state index contributed by atoms with van der Waals surface area (Å²) in [6, 6.07) is 12.0. The van der Waals surface area contributed by atoms with Crippen LogP contribution in [-0.2, 0) is 23.1 Å². The van der Waals surface area contributed by atoms with Crippen LogP contribution in [0.1, 0.15) is 36.8 Å². The number of hydrogen-bond donors (Lipinski definition) is 1. The number of para-hydroxylation sites is 1. The summed E-state index contributed by atoms with van der Waals surface area (Å²) in [5.41, 5.74) is 1.24. The first kappa shape index (κ1) is 20.0. The zero-order valence-corrected chi connectivity index (χ0v) is 16.6. The molecular weight excluding hydrogens is 378 g/mol. The van der Waals surface area contributed by atoms with Gasteiger partial charge in [0, 0.05) is 18.8 Å². The molecule has 0 saturated heterocycles. The minimum Gasteiger partial charge on any atom is -0.396 e.